The van der Waals surface area contributed by atoms with Gasteiger partial charge < -0.3 is 19.2 Å². The average Bonchev–Trinajstić information content (AvgIpc) is 3.06. The van der Waals surface area contributed by atoms with E-state index in [9.17, 15) is 13.2 Å². The van der Waals surface area contributed by atoms with Crippen LogP contribution in [-0.2, 0) is 20.3 Å². The molecule has 136 valence electrons. The predicted molar refractivity (Wildman–Crippen MR) is 91.4 cm³/mol. The summed E-state index contributed by atoms with van der Waals surface area (Å²) in [6.45, 7) is 0.989. The highest BCUT2D eigenvalue weighted by Gasteiger charge is 2.22. The molecule has 8 heteroatoms. The van der Waals surface area contributed by atoms with Crippen LogP contribution in [0.25, 0.3) is 0 Å². The number of ether oxygens (including phenoxy) is 2. The summed E-state index contributed by atoms with van der Waals surface area (Å²) in [6, 6.07) is 9.30. The smallest absolute Gasteiger partial charge is 0.286 e. The molecule has 2 aromatic rings. The van der Waals surface area contributed by atoms with Gasteiger partial charge in [0.15, 0.2) is 15.6 Å². The van der Waals surface area contributed by atoms with Crippen molar-refractivity contribution in [2.75, 3.05) is 27.4 Å². The number of carbonyl (C=O) groups excluding carboxylic acids is 1. The van der Waals surface area contributed by atoms with E-state index in [2.05, 4.69) is 5.32 Å². The summed E-state index contributed by atoms with van der Waals surface area (Å²) in [5.41, 5.74) is 0. The molecule has 25 heavy (non-hydrogen) atoms. The van der Waals surface area contributed by atoms with Crippen molar-refractivity contribution in [2.45, 2.75) is 17.1 Å². The molecule has 0 fully saturated rings. The van der Waals surface area contributed by atoms with Gasteiger partial charge in [0, 0.05) is 20.3 Å². The number of carbonyl (C=O) groups is 1. The van der Waals surface area contributed by atoms with E-state index < -0.39 is 15.7 Å². The maximum absolute atomic E-state index is 12.5. The van der Waals surface area contributed by atoms with Crippen LogP contribution in [0.4, 0.5) is 0 Å². The first-order valence-corrected chi connectivity index (χ1v) is 9.35. The van der Waals surface area contributed by atoms with Gasteiger partial charge in [0.2, 0.25) is 0 Å². The van der Waals surface area contributed by atoms with Crippen molar-refractivity contribution in [3.8, 4) is 5.75 Å². The van der Waals surface area contributed by atoms with Crippen molar-refractivity contribution in [3.05, 3.63) is 47.9 Å². The van der Waals surface area contributed by atoms with E-state index in [0.717, 1.165) is 0 Å². The fourth-order valence-electron chi connectivity index (χ4n) is 2.22. The maximum Gasteiger partial charge on any atom is 0.286 e. The molecule has 0 aliphatic rings. The van der Waals surface area contributed by atoms with Crippen molar-refractivity contribution in [3.63, 3.8) is 0 Å². The largest absolute Gasteiger partial charge is 0.495 e. The Morgan fingerprint density at radius 3 is 2.64 bits per heavy atom. The third kappa shape index (κ3) is 5.07. The molecule has 0 saturated heterocycles. The lowest BCUT2D eigenvalue weighted by Gasteiger charge is -2.08. The number of furan rings is 1. The van der Waals surface area contributed by atoms with Gasteiger partial charge >= 0.3 is 0 Å². The molecule has 0 aliphatic heterocycles. The second-order valence-electron chi connectivity index (χ2n) is 5.28. The number of methoxy groups -OCH3 is 2. The van der Waals surface area contributed by atoms with Crippen molar-refractivity contribution in [1.29, 1.82) is 0 Å². The van der Waals surface area contributed by atoms with Gasteiger partial charge in [0.25, 0.3) is 5.91 Å². The molecular weight excluding hydrogens is 346 g/mol. The van der Waals surface area contributed by atoms with Gasteiger partial charge in [-0.15, -0.1) is 0 Å². The summed E-state index contributed by atoms with van der Waals surface area (Å²) in [5, 5.41) is 2.68. The summed E-state index contributed by atoms with van der Waals surface area (Å²) < 4.78 is 40.5. The Morgan fingerprint density at radius 2 is 1.92 bits per heavy atom. The van der Waals surface area contributed by atoms with Crippen LogP contribution in [0.5, 0.6) is 5.75 Å². The van der Waals surface area contributed by atoms with Crippen molar-refractivity contribution >= 4 is 15.7 Å². The van der Waals surface area contributed by atoms with Gasteiger partial charge in [-0.05, 0) is 30.7 Å². The lowest BCUT2D eigenvalue weighted by molar-refractivity contribution is 0.0919. The van der Waals surface area contributed by atoms with Crippen LogP contribution < -0.4 is 10.1 Å². The molecule has 1 aromatic carbocycles. The maximum atomic E-state index is 12.5. The van der Waals surface area contributed by atoms with E-state index in [1.165, 1.54) is 25.3 Å². The fraction of sp³-hybridized carbons (Fsp3) is 0.353. The van der Waals surface area contributed by atoms with E-state index in [1.807, 2.05) is 0 Å². The molecule has 1 amide bonds. The Kier molecular flexibility index (Phi) is 6.60. The molecule has 1 heterocycles. The topological polar surface area (TPSA) is 94.8 Å². The highest BCUT2D eigenvalue weighted by atomic mass is 32.2. The molecule has 0 radical (unpaired) electrons. The van der Waals surface area contributed by atoms with Crippen LogP contribution in [0.1, 0.15) is 22.7 Å². The molecule has 0 atom stereocenters. The Hall–Kier alpha value is -2.32. The second-order valence-corrected chi connectivity index (χ2v) is 7.24. The van der Waals surface area contributed by atoms with E-state index in [-0.39, 0.29) is 27.9 Å². The Labute approximate surface area is 146 Å². The van der Waals surface area contributed by atoms with Crippen LogP contribution in [0, 0.1) is 0 Å². The molecule has 7 nitrogen and oxygen atoms in total. The summed E-state index contributed by atoms with van der Waals surface area (Å²) in [4.78, 5) is 12.0. The van der Waals surface area contributed by atoms with E-state index in [0.29, 0.717) is 19.6 Å². The molecule has 0 unspecified atom stereocenters. The molecule has 1 N–H and O–H groups in total. The molecular formula is C17H21NO6S. The first kappa shape index (κ1) is 19.0. The normalized spacial score (nSPS) is 11.3. The zero-order valence-electron chi connectivity index (χ0n) is 14.2. The van der Waals surface area contributed by atoms with Crippen molar-refractivity contribution in [1.82, 2.24) is 5.32 Å². The highest BCUT2D eigenvalue weighted by molar-refractivity contribution is 7.90. The minimum atomic E-state index is -3.66. The molecule has 2 rings (SSSR count). The first-order valence-electron chi connectivity index (χ1n) is 7.69. The zero-order valence-corrected chi connectivity index (χ0v) is 15.0. The van der Waals surface area contributed by atoms with E-state index >= 15 is 0 Å². The fourth-order valence-corrected chi connectivity index (χ4v) is 3.65. The quantitative estimate of drug-likeness (QED) is 0.682. The van der Waals surface area contributed by atoms with Crippen molar-refractivity contribution in [2.24, 2.45) is 0 Å². The number of hydrogen-bond donors (Lipinski definition) is 1. The Balaban J connectivity index is 2.06. The summed E-state index contributed by atoms with van der Waals surface area (Å²) in [6.07, 6.45) is 0.679. The SMILES string of the molecule is COCCCNC(=O)c1ccc(CS(=O)(=O)c2ccccc2OC)o1. The Bertz CT molecular complexity index is 812. The number of hydrogen-bond acceptors (Lipinski definition) is 6. The molecule has 0 aliphatic carbocycles. The van der Waals surface area contributed by atoms with Gasteiger partial charge in [-0.3, -0.25) is 4.79 Å². The molecule has 1 aromatic heterocycles. The van der Waals surface area contributed by atoms with E-state index in [1.54, 1.807) is 25.3 Å². The molecule has 0 spiro atoms. The van der Waals surface area contributed by atoms with E-state index in [4.69, 9.17) is 13.9 Å². The average molecular weight is 367 g/mol. The number of amides is 1. The standard InChI is InChI=1S/C17H21NO6S/c1-22-11-5-10-18-17(19)15-9-8-13(24-15)12-25(20,21)16-7-4-3-6-14(16)23-2/h3-4,6-9H,5,10-12H2,1-2H3,(H,18,19). The lowest BCUT2D eigenvalue weighted by Crippen LogP contribution is -2.24. The van der Waals surface area contributed by atoms with Crippen LogP contribution in [0.3, 0.4) is 0 Å². The number of sulfone groups is 1. The molecule has 0 bridgehead atoms. The lowest BCUT2D eigenvalue weighted by atomic mass is 10.3. The third-order valence-electron chi connectivity index (χ3n) is 3.43. The molecule has 0 saturated carbocycles. The number of para-hydroxylation sites is 1. The zero-order chi connectivity index (χ0) is 18.3. The van der Waals surface area contributed by atoms with Crippen LogP contribution >= 0.6 is 0 Å². The van der Waals surface area contributed by atoms with Crippen LogP contribution in [0.15, 0.2) is 45.7 Å². The van der Waals surface area contributed by atoms with Gasteiger partial charge in [-0.1, -0.05) is 12.1 Å². The summed E-state index contributed by atoms with van der Waals surface area (Å²) >= 11 is 0. The van der Waals surface area contributed by atoms with Gasteiger partial charge in [0.05, 0.1) is 7.11 Å². The third-order valence-corrected chi connectivity index (χ3v) is 5.10. The summed E-state index contributed by atoms with van der Waals surface area (Å²) in [5.74, 6) is -0.220. The van der Waals surface area contributed by atoms with Crippen molar-refractivity contribution < 1.29 is 27.1 Å². The van der Waals surface area contributed by atoms with Crippen LogP contribution in [-0.4, -0.2) is 41.7 Å². The number of nitrogens with one attached hydrogen (secondary N) is 1. The minimum Gasteiger partial charge on any atom is -0.495 e. The first-order chi connectivity index (χ1) is 12.0. The van der Waals surface area contributed by atoms with Gasteiger partial charge in [-0.25, -0.2) is 8.42 Å². The monoisotopic (exact) mass is 367 g/mol. The van der Waals surface area contributed by atoms with Gasteiger partial charge in [-0.2, -0.15) is 0 Å². The Morgan fingerprint density at radius 1 is 1.16 bits per heavy atom. The minimum absolute atomic E-state index is 0.0719. The summed E-state index contributed by atoms with van der Waals surface area (Å²) in [7, 11) is -0.664. The van der Waals surface area contributed by atoms with Crippen LogP contribution in [0.2, 0.25) is 0 Å². The number of rotatable bonds is 9. The predicted octanol–water partition coefficient (Wildman–Crippen LogP) is 2.03. The second kappa shape index (κ2) is 8.68. The number of benzene rings is 1. The highest BCUT2D eigenvalue weighted by Crippen LogP contribution is 2.26. The van der Waals surface area contributed by atoms with Gasteiger partial charge in [0.1, 0.15) is 22.2 Å².